The molecule has 3 aromatic rings. The molecule has 2 aromatic heterocycles. The van der Waals surface area contributed by atoms with Gasteiger partial charge in [0.15, 0.2) is 17.3 Å². The van der Waals surface area contributed by atoms with Gasteiger partial charge in [0.25, 0.3) is 0 Å². The number of hydrogen-bond donors (Lipinski definition) is 3. The van der Waals surface area contributed by atoms with Crippen LogP contribution in [0.3, 0.4) is 0 Å². The van der Waals surface area contributed by atoms with E-state index in [1.807, 2.05) is 0 Å². The summed E-state index contributed by atoms with van der Waals surface area (Å²) in [5.74, 6) is 6.45. The maximum Gasteiger partial charge on any atom is 0.180 e. The predicted octanol–water partition coefficient (Wildman–Crippen LogP) is 3.07. The van der Waals surface area contributed by atoms with Crippen LogP contribution in [-0.4, -0.2) is 14.4 Å². The van der Waals surface area contributed by atoms with E-state index in [1.54, 1.807) is 41.2 Å². The number of hydrogen-bond acceptors (Lipinski definition) is 5. The van der Waals surface area contributed by atoms with Gasteiger partial charge in [0.05, 0.1) is 6.20 Å². The molecule has 2 heterocycles. The summed E-state index contributed by atoms with van der Waals surface area (Å²) in [6, 6.07) is 5.15. The molecular weight excluding hydrogens is 299 g/mol. The number of nitrogens with one attached hydrogen (secondary N) is 2. The Balaban J connectivity index is 2.07. The zero-order chi connectivity index (χ0) is 14.1. The molecule has 0 bridgehead atoms. The van der Waals surface area contributed by atoms with E-state index in [0.717, 1.165) is 0 Å². The van der Waals surface area contributed by atoms with Crippen molar-refractivity contribution in [1.29, 1.82) is 0 Å². The van der Waals surface area contributed by atoms with Gasteiger partial charge in [0.1, 0.15) is 0 Å². The van der Waals surface area contributed by atoms with Crippen molar-refractivity contribution < 1.29 is 0 Å². The van der Waals surface area contributed by atoms with Crippen LogP contribution in [0.25, 0.3) is 5.65 Å². The van der Waals surface area contributed by atoms with Gasteiger partial charge in [-0.2, -0.15) is 0 Å². The van der Waals surface area contributed by atoms with E-state index < -0.39 is 0 Å². The van der Waals surface area contributed by atoms with Gasteiger partial charge in [-0.25, -0.2) is 15.8 Å². The molecule has 20 heavy (non-hydrogen) atoms. The van der Waals surface area contributed by atoms with Gasteiger partial charge in [-0.05, 0) is 18.2 Å². The first-order valence-electron chi connectivity index (χ1n) is 5.69. The van der Waals surface area contributed by atoms with Crippen LogP contribution in [0.2, 0.25) is 10.0 Å². The van der Waals surface area contributed by atoms with Gasteiger partial charge in [0, 0.05) is 28.1 Å². The van der Waals surface area contributed by atoms with E-state index in [9.17, 15) is 0 Å². The standard InChI is InChI=1S/C12H10Cl2N6/c13-7-3-8(14)5-9(4-7)17-11-12-16-1-2-20(12)6-10(18-11)19-15/h1-6,19H,15H2,(H,17,18). The Morgan fingerprint density at radius 3 is 2.60 bits per heavy atom. The van der Waals surface area contributed by atoms with E-state index in [4.69, 9.17) is 29.0 Å². The minimum atomic E-state index is 0.506. The monoisotopic (exact) mass is 308 g/mol. The van der Waals surface area contributed by atoms with Crippen molar-refractivity contribution >= 4 is 46.2 Å². The van der Waals surface area contributed by atoms with Crippen molar-refractivity contribution in [3.8, 4) is 0 Å². The number of imidazole rings is 1. The van der Waals surface area contributed by atoms with Gasteiger partial charge < -0.3 is 15.1 Å². The molecule has 4 N–H and O–H groups in total. The molecule has 0 amide bonds. The van der Waals surface area contributed by atoms with Gasteiger partial charge in [-0.3, -0.25) is 0 Å². The molecule has 0 saturated carbocycles. The fourth-order valence-electron chi connectivity index (χ4n) is 1.85. The summed E-state index contributed by atoms with van der Waals surface area (Å²) >= 11 is 11.9. The third kappa shape index (κ3) is 2.49. The highest BCUT2D eigenvalue weighted by Gasteiger charge is 2.08. The molecule has 1 aromatic carbocycles. The molecule has 6 nitrogen and oxygen atoms in total. The summed E-state index contributed by atoms with van der Waals surface area (Å²) in [6.07, 6.45) is 5.21. The molecule has 0 aliphatic heterocycles. The zero-order valence-corrected chi connectivity index (χ0v) is 11.7. The molecule has 0 fully saturated rings. The lowest BCUT2D eigenvalue weighted by atomic mass is 10.3. The number of nitrogen functional groups attached to an aromatic ring is 1. The summed E-state index contributed by atoms with van der Waals surface area (Å²) in [5.41, 5.74) is 3.89. The van der Waals surface area contributed by atoms with Crippen molar-refractivity contribution in [2.75, 3.05) is 10.7 Å². The molecular formula is C12H10Cl2N6. The molecule has 0 aliphatic rings. The van der Waals surface area contributed by atoms with Gasteiger partial charge in [0.2, 0.25) is 0 Å². The number of anilines is 3. The second-order valence-electron chi connectivity index (χ2n) is 4.06. The Bertz CT molecular complexity index is 749. The van der Waals surface area contributed by atoms with Crippen molar-refractivity contribution in [1.82, 2.24) is 14.4 Å². The number of nitrogens with zero attached hydrogens (tertiary/aromatic N) is 3. The Morgan fingerprint density at radius 2 is 1.90 bits per heavy atom. The van der Waals surface area contributed by atoms with E-state index in [1.165, 1.54) is 0 Å². The number of nitrogens with two attached hydrogens (primary N) is 1. The fraction of sp³-hybridized carbons (Fsp3) is 0. The fourth-order valence-corrected chi connectivity index (χ4v) is 2.37. The number of halogens is 2. The number of aromatic nitrogens is 3. The van der Waals surface area contributed by atoms with Crippen molar-refractivity contribution in [3.63, 3.8) is 0 Å². The van der Waals surface area contributed by atoms with Gasteiger partial charge in [-0.1, -0.05) is 23.2 Å². The second-order valence-corrected chi connectivity index (χ2v) is 4.93. The van der Waals surface area contributed by atoms with Crippen molar-refractivity contribution in [2.45, 2.75) is 0 Å². The molecule has 3 rings (SSSR count). The Kier molecular flexibility index (Phi) is 3.35. The highest BCUT2D eigenvalue weighted by molar-refractivity contribution is 6.35. The molecule has 0 aliphatic carbocycles. The van der Waals surface area contributed by atoms with E-state index in [-0.39, 0.29) is 0 Å². The van der Waals surface area contributed by atoms with E-state index in [0.29, 0.717) is 33.0 Å². The molecule has 0 spiro atoms. The lowest BCUT2D eigenvalue weighted by molar-refractivity contribution is 1.11. The number of hydrazine groups is 1. The Hall–Kier alpha value is -2.02. The molecule has 0 atom stereocenters. The minimum Gasteiger partial charge on any atom is -0.337 e. The van der Waals surface area contributed by atoms with Crippen LogP contribution in [0.1, 0.15) is 0 Å². The molecule has 0 unspecified atom stereocenters. The van der Waals surface area contributed by atoms with Crippen molar-refractivity contribution in [2.24, 2.45) is 5.84 Å². The third-order valence-electron chi connectivity index (χ3n) is 2.65. The lowest BCUT2D eigenvalue weighted by Crippen LogP contribution is -2.11. The quantitative estimate of drug-likeness (QED) is 0.512. The van der Waals surface area contributed by atoms with Crippen molar-refractivity contribution in [3.05, 3.63) is 46.8 Å². The summed E-state index contributed by atoms with van der Waals surface area (Å²) in [4.78, 5) is 8.57. The first kappa shape index (κ1) is 13.0. The summed E-state index contributed by atoms with van der Waals surface area (Å²) < 4.78 is 1.80. The smallest absolute Gasteiger partial charge is 0.180 e. The lowest BCUT2D eigenvalue weighted by Gasteiger charge is -2.10. The molecule has 8 heteroatoms. The van der Waals surface area contributed by atoms with Crippen LogP contribution in [0.4, 0.5) is 17.3 Å². The minimum absolute atomic E-state index is 0.506. The maximum absolute atomic E-state index is 5.97. The van der Waals surface area contributed by atoms with E-state index in [2.05, 4.69) is 20.7 Å². The van der Waals surface area contributed by atoms with Crippen LogP contribution in [0.5, 0.6) is 0 Å². The summed E-state index contributed by atoms with van der Waals surface area (Å²) in [5, 5.41) is 4.20. The molecule has 0 radical (unpaired) electrons. The van der Waals surface area contributed by atoms with Crippen LogP contribution < -0.4 is 16.6 Å². The first-order valence-corrected chi connectivity index (χ1v) is 6.45. The van der Waals surface area contributed by atoms with Gasteiger partial charge in [-0.15, -0.1) is 0 Å². The number of rotatable bonds is 3. The first-order chi connectivity index (χ1) is 9.65. The number of fused-ring (bicyclic) bond motifs is 1. The normalized spacial score (nSPS) is 10.8. The second kappa shape index (κ2) is 5.16. The maximum atomic E-state index is 5.97. The van der Waals surface area contributed by atoms with Crippen LogP contribution in [0, 0.1) is 0 Å². The summed E-state index contributed by atoms with van der Waals surface area (Å²) in [6.45, 7) is 0. The highest BCUT2D eigenvalue weighted by Crippen LogP contribution is 2.26. The van der Waals surface area contributed by atoms with Crippen LogP contribution in [-0.2, 0) is 0 Å². The highest BCUT2D eigenvalue weighted by atomic mass is 35.5. The number of benzene rings is 1. The SMILES string of the molecule is NNc1cn2ccnc2c(Nc2cc(Cl)cc(Cl)c2)n1. The average Bonchev–Trinajstić information content (AvgIpc) is 2.85. The topological polar surface area (TPSA) is 80.3 Å². The molecule has 102 valence electrons. The molecule has 0 saturated heterocycles. The third-order valence-corrected chi connectivity index (χ3v) is 3.08. The van der Waals surface area contributed by atoms with Crippen LogP contribution in [0.15, 0.2) is 36.8 Å². The Labute approximate surface area is 124 Å². The average molecular weight is 309 g/mol. The van der Waals surface area contributed by atoms with E-state index >= 15 is 0 Å². The zero-order valence-electron chi connectivity index (χ0n) is 10.1. The summed E-state index contributed by atoms with van der Waals surface area (Å²) in [7, 11) is 0. The van der Waals surface area contributed by atoms with Gasteiger partial charge >= 0.3 is 0 Å². The Morgan fingerprint density at radius 1 is 1.15 bits per heavy atom. The largest absolute Gasteiger partial charge is 0.337 e. The predicted molar refractivity (Wildman–Crippen MR) is 80.5 cm³/mol. The van der Waals surface area contributed by atoms with Crippen LogP contribution >= 0.6 is 23.2 Å².